The molecule has 3 rings (SSSR count). The Morgan fingerprint density at radius 3 is 2.46 bits per heavy atom. The molecule has 0 aliphatic carbocycles. The summed E-state index contributed by atoms with van der Waals surface area (Å²) in [5, 5.41) is 12.5. The second-order valence-corrected chi connectivity index (χ2v) is 7.04. The van der Waals surface area contributed by atoms with E-state index in [-0.39, 0.29) is 11.7 Å². The molecule has 1 fully saturated rings. The zero-order valence-electron chi connectivity index (χ0n) is 15.3. The summed E-state index contributed by atoms with van der Waals surface area (Å²) >= 11 is 0. The largest absolute Gasteiger partial charge is 0.508 e. The number of likely N-dealkylation sites (tertiary alicyclic amines) is 1. The Kier molecular flexibility index (Phi) is 6.67. The van der Waals surface area contributed by atoms with Crippen molar-refractivity contribution in [1.29, 1.82) is 0 Å². The number of nitrogens with one attached hydrogen (secondary N) is 1. The quantitative estimate of drug-likeness (QED) is 0.713. The number of phenolic OH excluding ortho intramolecular Hbond substituents is 1. The molecule has 0 unspecified atom stereocenters. The van der Waals surface area contributed by atoms with Gasteiger partial charge in [-0.25, -0.2) is 0 Å². The van der Waals surface area contributed by atoms with Crippen molar-refractivity contribution in [3.63, 3.8) is 0 Å². The first-order valence-corrected chi connectivity index (χ1v) is 9.62. The van der Waals surface area contributed by atoms with Gasteiger partial charge >= 0.3 is 0 Å². The molecule has 0 bridgehead atoms. The van der Waals surface area contributed by atoms with E-state index in [0.717, 1.165) is 36.2 Å². The van der Waals surface area contributed by atoms with Gasteiger partial charge in [0.15, 0.2) is 0 Å². The van der Waals surface area contributed by atoms with Crippen LogP contribution in [-0.2, 0) is 4.79 Å². The van der Waals surface area contributed by atoms with Gasteiger partial charge in [0.05, 0.1) is 0 Å². The Bertz CT molecular complexity index is 706. The van der Waals surface area contributed by atoms with Gasteiger partial charge in [-0.3, -0.25) is 4.79 Å². The lowest BCUT2D eigenvalue weighted by molar-refractivity contribution is -0.116. The number of carbonyl (C=O) groups excluding carboxylic acids is 1. The minimum Gasteiger partial charge on any atom is -0.508 e. The molecule has 0 spiro atoms. The highest BCUT2D eigenvalue weighted by Gasteiger charge is 2.10. The van der Waals surface area contributed by atoms with Crippen LogP contribution in [0, 0.1) is 0 Å². The summed E-state index contributed by atoms with van der Waals surface area (Å²) in [7, 11) is 0. The molecule has 1 amide bonds. The van der Waals surface area contributed by atoms with Crippen LogP contribution >= 0.6 is 0 Å². The third-order valence-corrected chi connectivity index (χ3v) is 4.93. The van der Waals surface area contributed by atoms with E-state index in [9.17, 15) is 9.90 Å². The van der Waals surface area contributed by atoms with Crippen LogP contribution in [0.4, 0.5) is 5.69 Å². The number of hydrogen-bond donors (Lipinski definition) is 2. The zero-order valence-corrected chi connectivity index (χ0v) is 15.3. The Hall–Kier alpha value is -2.33. The summed E-state index contributed by atoms with van der Waals surface area (Å²) in [5.41, 5.74) is 2.79. The maximum Gasteiger partial charge on any atom is 0.224 e. The Labute approximate surface area is 155 Å². The maximum atomic E-state index is 12.1. The molecule has 4 nitrogen and oxygen atoms in total. The van der Waals surface area contributed by atoms with Gasteiger partial charge in [0, 0.05) is 12.1 Å². The van der Waals surface area contributed by atoms with Crippen LogP contribution < -0.4 is 5.32 Å². The number of amides is 1. The van der Waals surface area contributed by atoms with Crippen molar-refractivity contribution in [2.75, 3.05) is 25.0 Å². The minimum atomic E-state index is 0.0775. The number of unbranched alkanes of at least 4 members (excludes halogenated alkanes) is 1. The van der Waals surface area contributed by atoms with Crippen LogP contribution in [0.5, 0.6) is 5.75 Å². The molecule has 1 aliphatic heterocycles. The van der Waals surface area contributed by atoms with Crippen LogP contribution in [-0.4, -0.2) is 35.5 Å². The van der Waals surface area contributed by atoms with Crippen molar-refractivity contribution in [2.24, 2.45) is 0 Å². The van der Waals surface area contributed by atoms with Crippen LogP contribution in [0.2, 0.25) is 0 Å². The van der Waals surface area contributed by atoms with E-state index in [2.05, 4.69) is 10.2 Å². The van der Waals surface area contributed by atoms with Crippen LogP contribution in [0.15, 0.2) is 48.5 Å². The number of piperidine rings is 1. The Balaban J connectivity index is 1.41. The molecule has 4 heteroatoms. The average molecular weight is 352 g/mol. The van der Waals surface area contributed by atoms with Crippen LogP contribution in [0.1, 0.15) is 38.5 Å². The summed E-state index contributed by atoms with van der Waals surface area (Å²) in [5.74, 6) is 0.332. The lowest BCUT2D eigenvalue weighted by atomic mass is 10.1. The third-order valence-electron chi connectivity index (χ3n) is 4.93. The standard InChI is InChI=1S/C22H28N2O2/c25-21-8-6-7-19(17-21)18-10-12-20(13-11-18)23-22(26)9-2-5-16-24-14-3-1-4-15-24/h6-8,10-13,17,25H,1-5,9,14-16H2,(H,23,26). The average Bonchev–Trinajstić information content (AvgIpc) is 2.67. The lowest BCUT2D eigenvalue weighted by Crippen LogP contribution is -2.30. The SMILES string of the molecule is O=C(CCCCN1CCCCC1)Nc1ccc(-c2cccc(O)c2)cc1. The fourth-order valence-electron chi connectivity index (χ4n) is 3.46. The third kappa shape index (κ3) is 5.60. The molecule has 0 saturated carbocycles. The van der Waals surface area contributed by atoms with Crippen molar-refractivity contribution in [2.45, 2.75) is 38.5 Å². The molecule has 0 atom stereocenters. The number of carbonyl (C=O) groups is 1. The fraction of sp³-hybridized carbons (Fsp3) is 0.409. The molecule has 1 saturated heterocycles. The smallest absolute Gasteiger partial charge is 0.224 e. The number of anilines is 1. The summed E-state index contributed by atoms with van der Waals surface area (Å²) in [6, 6.07) is 14.9. The molecule has 2 aromatic rings. The molecule has 2 N–H and O–H groups in total. The van der Waals surface area contributed by atoms with Gasteiger partial charge in [0.2, 0.25) is 5.91 Å². The molecule has 0 radical (unpaired) electrons. The van der Waals surface area contributed by atoms with Gasteiger partial charge in [0.25, 0.3) is 0 Å². The van der Waals surface area contributed by atoms with Gasteiger partial charge in [-0.15, -0.1) is 0 Å². The summed E-state index contributed by atoms with van der Waals surface area (Å²) in [6.45, 7) is 3.56. The van der Waals surface area contributed by atoms with Gasteiger partial charge in [0.1, 0.15) is 5.75 Å². The molecular formula is C22H28N2O2. The predicted octanol–water partition coefficient (Wildman–Crippen LogP) is 4.65. The Morgan fingerprint density at radius 1 is 0.962 bits per heavy atom. The highest BCUT2D eigenvalue weighted by Crippen LogP contribution is 2.24. The highest BCUT2D eigenvalue weighted by molar-refractivity contribution is 5.90. The summed E-state index contributed by atoms with van der Waals surface area (Å²) in [4.78, 5) is 14.6. The van der Waals surface area contributed by atoms with E-state index in [1.807, 2.05) is 36.4 Å². The van der Waals surface area contributed by atoms with Crippen molar-refractivity contribution < 1.29 is 9.90 Å². The molecular weight excluding hydrogens is 324 g/mol. The first-order chi connectivity index (χ1) is 12.7. The Morgan fingerprint density at radius 2 is 1.73 bits per heavy atom. The van der Waals surface area contributed by atoms with Crippen molar-refractivity contribution in [1.82, 2.24) is 4.90 Å². The van der Waals surface area contributed by atoms with Crippen LogP contribution in [0.3, 0.4) is 0 Å². The number of hydrogen-bond acceptors (Lipinski definition) is 3. The van der Waals surface area contributed by atoms with E-state index in [0.29, 0.717) is 6.42 Å². The van der Waals surface area contributed by atoms with E-state index in [1.165, 1.54) is 32.4 Å². The zero-order chi connectivity index (χ0) is 18.2. The number of phenols is 1. The van der Waals surface area contributed by atoms with E-state index in [4.69, 9.17) is 0 Å². The fourth-order valence-corrected chi connectivity index (χ4v) is 3.46. The van der Waals surface area contributed by atoms with Gasteiger partial charge < -0.3 is 15.3 Å². The van der Waals surface area contributed by atoms with Gasteiger partial charge in [-0.1, -0.05) is 30.7 Å². The molecule has 1 aliphatic rings. The monoisotopic (exact) mass is 352 g/mol. The first-order valence-electron chi connectivity index (χ1n) is 9.62. The van der Waals surface area contributed by atoms with Crippen molar-refractivity contribution >= 4 is 11.6 Å². The first kappa shape index (κ1) is 18.5. The number of nitrogens with zero attached hydrogens (tertiary/aromatic N) is 1. The summed E-state index contributed by atoms with van der Waals surface area (Å²) < 4.78 is 0. The second kappa shape index (κ2) is 9.39. The topological polar surface area (TPSA) is 52.6 Å². The van der Waals surface area contributed by atoms with E-state index in [1.54, 1.807) is 12.1 Å². The highest BCUT2D eigenvalue weighted by atomic mass is 16.3. The predicted molar refractivity (Wildman–Crippen MR) is 106 cm³/mol. The minimum absolute atomic E-state index is 0.0775. The summed E-state index contributed by atoms with van der Waals surface area (Å²) in [6.07, 6.45) is 6.59. The molecule has 2 aromatic carbocycles. The number of rotatable bonds is 7. The van der Waals surface area contributed by atoms with Gasteiger partial charge in [-0.2, -0.15) is 0 Å². The number of aromatic hydroxyl groups is 1. The molecule has 0 aromatic heterocycles. The van der Waals surface area contributed by atoms with Crippen molar-refractivity contribution in [3.05, 3.63) is 48.5 Å². The lowest BCUT2D eigenvalue weighted by Gasteiger charge is -2.26. The molecule has 138 valence electrons. The van der Waals surface area contributed by atoms with Gasteiger partial charge in [-0.05, 0) is 80.7 Å². The second-order valence-electron chi connectivity index (χ2n) is 7.04. The number of benzene rings is 2. The molecule has 1 heterocycles. The normalized spacial score (nSPS) is 14.9. The van der Waals surface area contributed by atoms with Crippen LogP contribution in [0.25, 0.3) is 11.1 Å². The van der Waals surface area contributed by atoms with E-state index >= 15 is 0 Å². The van der Waals surface area contributed by atoms with Crippen molar-refractivity contribution in [3.8, 4) is 16.9 Å². The van der Waals surface area contributed by atoms with E-state index < -0.39 is 0 Å². The maximum absolute atomic E-state index is 12.1. The molecule has 26 heavy (non-hydrogen) atoms.